The lowest BCUT2D eigenvalue weighted by Crippen LogP contribution is -2.24. The molecular formula is C16H26N2O. The van der Waals surface area contributed by atoms with Crippen LogP contribution in [0.3, 0.4) is 0 Å². The van der Waals surface area contributed by atoms with Gasteiger partial charge in [0.1, 0.15) is 0 Å². The zero-order chi connectivity index (χ0) is 13.5. The number of methoxy groups -OCH3 is 1. The predicted octanol–water partition coefficient (Wildman–Crippen LogP) is 2.41. The van der Waals surface area contributed by atoms with Gasteiger partial charge in [0.05, 0.1) is 6.10 Å². The maximum Gasteiger partial charge on any atom is 0.0710 e. The first-order chi connectivity index (χ1) is 9.33. The summed E-state index contributed by atoms with van der Waals surface area (Å²) in [6.45, 7) is 7.52. The van der Waals surface area contributed by atoms with Gasteiger partial charge in [0.15, 0.2) is 0 Å². The summed E-state index contributed by atoms with van der Waals surface area (Å²) < 4.78 is 5.43. The third kappa shape index (κ3) is 4.30. The van der Waals surface area contributed by atoms with Gasteiger partial charge in [-0.1, -0.05) is 31.2 Å². The summed E-state index contributed by atoms with van der Waals surface area (Å²) in [4.78, 5) is 2.49. The summed E-state index contributed by atoms with van der Waals surface area (Å²) in [6.07, 6.45) is 2.77. The molecule has 1 N–H and O–H groups in total. The van der Waals surface area contributed by atoms with Crippen LogP contribution in [-0.2, 0) is 17.8 Å². The van der Waals surface area contributed by atoms with E-state index < -0.39 is 0 Å². The van der Waals surface area contributed by atoms with Crippen LogP contribution in [0.25, 0.3) is 0 Å². The van der Waals surface area contributed by atoms with Gasteiger partial charge in [0.25, 0.3) is 0 Å². The van der Waals surface area contributed by atoms with Crippen LogP contribution in [0.15, 0.2) is 24.3 Å². The third-order valence-corrected chi connectivity index (χ3v) is 3.82. The fourth-order valence-corrected chi connectivity index (χ4v) is 2.66. The van der Waals surface area contributed by atoms with E-state index in [0.29, 0.717) is 6.10 Å². The van der Waals surface area contributed by atoms with Crippen molar-refractivity contribution in [1.29, 1.82) is 0 Å². The van der Waals surface area contributed by atoms with Crippen molar-refractivity contribution in [2.75, 3.05) is 26.7 Å². The number of rotatable bonds is 7. The first-order valence-electron chi connectivity index (χ1n) is 7.36. The molecule has 1 unspecified atom stereocenters. The van der Waals surface area contributed by atoms with Crippen LogP contribution in [0.2, 0.25) is 0 Å². The minimum atomic E-state index is 0.422. The van der Waals surface area contributed by atoms with E-state index in [0.717, 1.165) is 39.1 Å². The lowest BCUT2D eigenvalue weighted by atomic mass is 10.1. The van der Waals surface area contributed by atoms with Gasteiger partial charge in [-0.15, -0.1) is 0 Å². The van der Waals surface area contributed by atoms with Gasteiger partial charge in [-0.05, 0) is 30.5 Å². The lowest BCUT2D eigenvalue weighted by molar-refractivity contribution is 0.107. The Balaban J connectivity index is 1.92. The summed E-state index contributed by atoms with van der Waals surface area (Å²) in [6, 6.07) is 8.77. The van der Waals surface area contributed by atoms with E-state index in [2.05, 4.69) is 41.4 Å². The van der Waals surface area contributed by atoms with Gasteiger partial charge in [-0.25, -0.2) is 0 Å². The number of likely N-dealkylation sites (tertiary alicyclic amines) is 1. The summed E-state index contributed by atoms with van der Waals surface area (Å²) in [5.41, 5.74) is 2.87. The Morgan fingerprint density at radius 3 is 2.79 bits per heavy atom. The van der Waals surface area contributed by atoms with Crippen LogP contribution in [-0.4, -0.2) is 37.7 Å². The normalized spacial score (nSPS) is 20.0. The topological polar surface area (TPSA) is 24.5 Å². The van der Waals surface area contributed by atoms with E-state index in [-0.39, 0.29) is 0 Å². The summed E-state index contributed by atoms with van der Waals surface area (Å²) in [5, 5.41) is 3.49. The average molecular weight is 262 g/mol. The molecule has 0 amide bonds. The molecular weight excluding hydrogens is 236 g/mol. The molecule has 1 saturated heterocycles. The van der Waals surface area contributed by atoms with Crippen molar-refractivity contribution < 1.29 is 4.74 Å². The summed E-state index contributed by atoms with van der Waals surface area (Å²) in [7, 11) is 1.82. The zero-order valence-corrected chi connectivity index (χ0v) is 12.2. The number of nitrogens with zero attached hydrogens (tertiary/aromatic N) is 1. The number of hydrogen-bond acceptors (Lipinski definition) is 3. The van der Waals surface area contributed by atoms with Gasteiger partial charge >= 0.3 is 0 Å². The van der Waals surface area contributed by atoms with Gasteiger partial charge < -0.3 is 10.1 Å². The van der Waals surface area contributed by atoms with E-state index in [1.165, 1.54) is 17.5 Å². The Morgan fingerprint density at radius 2 is 2.11 bits per heavy atom. The molecule has 19 heavy (non-hydrogen) atoms. The molecule has 0 bridgehead atoms. The molecule has 0 aromatic heterocycles. The number of hydrogen-bond donors (Lipinski definition) is 1. The van der Waals surface area contributed by atoms with Crippen LogP contribution < -0.4 is 5.32 Å². The summed E-state index contributed by atoms with van der Waals surface area (Å²) in [5.74, 6) is 0. The maximum absolute atomic E-state index is 5.43. The van der Waals surface area contributed by atoms with E-state index in [9.17, 15) is 0 Å². The van der Waals surface area contributed by atoms with Crippen molar-refractivity contribution in [1.82, 2.24) is 10.2 Å². The number of benzene rings is 1. The highest BCUT2D eigenvalue weighted by Gasteiger charge is 2.22. The van der Waals surface area contributed by atoms with Crippen molar-refractivity contribution in [2.24, 2.45) is 0 Å². The van der Waals surface area contributed by atoms with Crippen LogP contribution in [0, 0.1) is 0 Å². The quantitative estimate of drug-likeness (QED) is 0.764. The molecule has 1 aromatic rings. The molecule has 1 fully saturated rings. The second-order valence-corrected chi connectivity index (χ2v) is 5.33. The fraction of sp³-hybridized carbons (Fsp3) is 0.625. The monoisotopic (exact) mass is 262 g/mol. The van der Waals surface area contributed by atoms with E-state index >= 15 is 0 Å². The molecule has 3 heteroatoms. The maximum atomic E-state index is 5.43. The first kappa shape index (κ1) is 14.5. The largest absolute Gasteiger partial charge is 0.380 e. The van der Waals surface area contributed by atoms with E-state index in [1.807, 2.05) is 7.11 Å². The van der Waals surface area contributed by atoms with Gasteiger partial charge in [0.2, 0.25) is 0 Å². The Labute approximate surface area is 116 Å². The SMILES string of the molecule is CCCNCc1ccccc1CN1CCC(OC)C1. The minimum Gasteiger partial charge on any atom is -0.380 e. The predicted molar refractivity (Wildman–Crippen MR) is 79.1 cm³/mol. The first-order valence-corrected chi connectivity index (χ1v) is 7.36. The molecule has 1 aromatic carbocycles. The van der Waals surface area contributed by atoms with Gasteiger partial charge in [-0.3, -0.25) is 4.90 Å². The Hall–Kier alpha value is -0.900. The highest BCUT2D eigenvalue weighted by molar-refractivity contribution is 5.27. The Kier molecular flexibility index (Phi) is 5.83. The molecule has 0 radical (unpaired) electrons. The fourth-order valence-electron chi connectivity index (χ4n) is 2.66. The molecule has 2 rings (SSSR count). The smallest absolute Gasteiger partial charge is 0.0710 e. The molecule has 3 nitrogen and oxygen atoms in total. The number of nitrogens with one attached hydrogen (secondary N) is 1. The van der Waals surface area contributed by atoms with Crippen LogP contribution >= 0.6 is 0 Å². The van der Waals surface area contributed by atoms with Crippen LogP contribution in [0.1, 0.15) is 30.9 Å². The van der Waals surface area contributed by atoms with Gasteiger partial charge in [0, 0.05) is 33.3 Å². The molecule has 1 aliphatic rings. The lowest BCUT2D eigenvalue weighted by Gasteiger charge is -2.18. The Bertz CT molecular complexity index is 381. The molecule has 0 spiro atoms. The molecule has 0 saturated carbocycles. The second kappa shape index (κ2) is 7.63. The van der Waals surface area contributed by atoms with Crippen LogP contribution in [0.4, 0.5) is 0 Å². The zero-order valence-electron chi connectivity index (χ0n) is 12.2. The molecule has 106 valence electrons. The number of ether oxygens (including phenoxy) is 1. The third-order valence-electron chi connectivity index (χ3n) is 3.82. The standard InChI is InChI=1S/C16H26N2O/c1-3-9-17-11-14-6-4-5-7-15(14)12-18-10-8-16(13-18)19-2/h4-7,16-17H,3,8-13H2,1-2H3. The minimum absolute atomic E-state index is 0.422. The van der Waals surface area contributed by atoms with Crippen molar-refractivity contribution in [3.8, 4) is 0 Å². The highest BCUT2D eigenvalue weighted by atomic mass is 16.5. The van der Waals surface area contributed by atoms with Crippen molar-refractivity contribution in [3.63, 3.8) is 0 Å². The molecule has 1 atom stereocenters. The highest BCUT2D eigenvalue weighted by Crippen LogP contribution is 2.17. The molecule has 0 aliphatic carbocycles. The van der Waals surface area contributed by atoms with E-state index in [1.54, 1.807) is 0 Å². The second-order valence-electron chi connectivity index (χ2n) is 5.33. The van der Waals surface area contributed by atoms with E-state index in [4.69, 9.17) is 4.74 Å². The van der Waals surface area contributed by atoms with Crippen molar-refractivity contribution in [2.45, 2.75) is 39.0 Å². The van der Waals surface area contributed by atoms with Crippen molar-refractivity contribution >= 4 is 0 Å². The van der Waals surface area contributed by atoms with Crippen LogP contribution in [0.5, 0.6) is 0 Å². The van der Waals surface area contributed by atoms with Gasteiger partial charge in [-0.2, -0.15) is 0 Å². The average Bonchev–Trinajstić information content (AvgIpc) is 2.89. The molecule has 1 heterocycles. The Morgan fingerprint density at radius 1 is 1.32 bits per heavy atom. The summed E-state index contributed by atoms with van der Waals surface area (Å²) >= 11 is 0. The van der Waals surface area contributed by atoms with Crippen molar-refractivity contribution in [3.05, 3.63) is 35.4 Å². The molecule has 1 aliphatic heterocycles.